The van der Waals surface area contributed by atoms with Crippen LogP contribution in [0.1, 0.15) is 17.2 Å². The summed E-state index contributed by atoms with van der Waals surface area (Å²) in [7, 11) is 0. The minimum Gasteiger partial charge on any atom is -0.273 e. The molecule has 0 aliphatic carbocycles. The maximum Gasteiger partial charge on any atom is 0.266 e. The van der Waals surface area contributed by atoms with Gasteiger partial charge in [-0.25, -0.2) is 9.96 Å². The topological polar surface area (TPSA) is 49.9 Å². The molecule has 31 heavy (non-hydrogen) atoms. The van der Waals surface area contributed by atoms with Crippen LogP contribution < -0.4 is 9.96 Å². The van der Waals surface area contributed by atoms with Crippen LogP contribution in [0.3, 0.4) is 0 Å². The first kappa shape index (κ1) is 20.1. The van der Waals surface area contributed by atoms with Gasteiger partial charge >= 0.3 is 0 Å². The lowest BCUT2D eigenvalue weighted by Gasteiger charge is -2.28. The molecule has 0 bridgehead atoms. The lowest BCUT2D eigenvalue weighted by atomic mass is 9.90. The highest BCUT2D eigenvalue weighted by atomic mass is 35.5. The zero-order chi connectivity index (χ0) is 21.7. The smallest absolute Gasteiger partial charge is 0.266 e. The van der Waals surface area contributed by atoms with Gasteiger partial charge in [0, 0.05) is 10.0 Å². The van der Waals surface area contributed by atoms with E-state index in [1.807, 2.05) is 49.4 Å². The SMILES string of the molecule is Cc1ccc(N2C(=O)[C@H]3[C@@H](c4ccc(Cl)cc4)N(c4ccccc4)O[C@H]3C2=O)cc1Cl. The average Bonchev–Trinajstić information content (AvgIpc) is 3.28. The van der Waals surface area contributed by atoms with Crippen LogP contribution in [0.5, 0.6) is 0 Å². The van der Waals surface area contributed by atoms with Crippen molar-refractivity contribution in [3.8, 4) is 0 Å². The molecular formula is C24H18Cl2N2O3. The maximum absolute atomic E-state index is 13.6. The highest BCUT2D eigenvalue weighted by Crippen LogP contribution is 2.47. The van der Waals surface area contributed by atoms with Gasteiger partial charge in [-0.1, -0.05) is 59.6 Å². The van der Waals surface area contributed by atoms with Crippen LogP contribution >= 0.6 is 23.2 Å². The summed E-state index contributed by atoms with van der Waals surface area (Å²) in [5, 5.41) is 2.75. The van der Waals surface area contributed by atoms with Crippen LogP contribution in [-0.2, 0) is 14.4 Å². The van der Waals surface area contributed by atoms with Gasteiger partial charge in [0.05, 0.1) is 17.4 Å². The summed E-state index contributed by atoms with van der Waals surface area (Å²) in [6.07, 6.45) is -0.923. The van der Waals surface area contributed by atoms with Gasteiger partial charge in [0.2, 0.25) is 5.91 Å². The molecule has 2 amide bonds. The predicted molar refractivity (Wildman–Crippen MR) is 120 cm³/mol. The molecular weight excluding hydrogens is 435 g/mol. The Labute approximate surface area is 189 Å². The highest BCUT2D eigenvalue weighted by molar-refractivity contribution is 6.32. The van der Waals surface area contributed by atoms with E-state index < -0.39 is 24.0 Å². The first-order chi connectivity index (χ1) is 15.0. The fourth-order valence-corrected chi connectivity index (χ4v) is 4.49. The monoisotopic (exact) mass is 452 g/mol. The van der Waals surface area contributed by atoms with Gasteiger partial charge in [-0.05, 0) is 54.4 Å². The number of aryl methyl sites for hydroxylation is 1. The Morgan fingerprint density at radius 3 is 2.23 bits per heavy atom. The summed E-state index contributed by atoms with van der Waals surface area (Å²) in [5.41, 5.74) is 2.92. The number of halogens is 2. The van der Waals surface area contributed by atoms with Crippen LogP contribution in [0, 0.1) is 12.8 Å². The highest BCUT2D eigenvalue weighted by Gasteiger charge is 2.60. The summed E-state index contributed by atoms with van der Waals surface area (Å²) in [6, 6.07) is 21.4. The molecule has 0 radical (unpaired) electrons. The third-order valence-electron chi connectivity index (χ3n) is 5.75. The van der Waals surface area contributed by atoms with Crippen LogP contribution in [0.25, 0.3) is 0 Å². The van der Waals surface area contributed by atoms with E-state index in [2.05, 4.69) is 0 Å². The number of rotatable bonds is 3. The van der Waals surface area contributed by atoms with Crippen LogP contribution in [0.4, 0.5) is 11.4 Å². The molecule has 3 atom stereocenters. The van der Waals surface area contributed by atoms with Crippen LogP contribution in [-0.4, -0.2) is 17.9 Å². The van der Waals surface area contributed by atoms with E-state index >= 15 is 0 Å². The molecule has 0 aromatic heterocycles. The molecule has 2 heterocycles. The van der Waals surface area contributed by atoms with E-state index in [1.165, 1.54) is 4.90 Å². The number of amides is 2. The number of carbonyl (C=O) groups excluding carboxylic acids is 2. The summed E-state index contributed by atoms with van der Waals surface area (Å²) in [4.78, 5) is 34.1. The third kappa shape index (κ3) is 3.30. The van der Waals surface area contributed by atoms with Crippen molar-refractivity contribution in [1.82, 2.24) is 0 Å². The normalized spacial score (nSPS) is 22.9. The van der Waals surface area contributed by atoms with Crippen molar-refractivity contribution < 1.29 is 14.4 Å². The summed E-state index contributed by atoms with van der Waals surface area (Å²) in [5.74, 6) is -1.41. The van der Waals surface area contributed by atoms with E-state index in [0.29, 0.717) is 15.7 Å². The second-order valence-electron chi connectivity index (χ2n) is 7.65. The van der Waals surface area contributed by atoms with E-state index in [1.54, 1.807) is 35.4 Å². The fourth-order valence-electron chi connectivity index (χ4n) is 4.19. The van der Waals surface area contributed by atoms with Crippen molar-refractivity contribution in [3.05, 3.63) is 94.0 Å². The first-order valence-corrected chi connectivity index (χ1v) is 10.6. The first-order valence-electron chi connectivity index (χ1n) is 9.86. The second kappa shape index (κ2) is 7.68. The molecule has 5 rings (SSSR count). The quantitative estimate of drug-likeness (QED) is 0.502. The van der Waals surface area contributed by atoms with Gasteiger partial charge in [0.1, 0.15) is 5.92 Å². The van der Waals surface area contributed by atoms with Gasteiger partial charge in [-0.15, -0.1) is 0 Å². The molecule has 2 aliphatic heterocycles. The molecule has 0 N–H and O–H groups in total. The Hall–Kier alpha value is -2.86. The zero-order valence-electron chi connectivity index (χ0n) is 16.5. The Morgan fingerprint density at radius 1 is 0.839 bits per heavy atom. The van der Waals surface area contributed by atoms with E-state index in [4.69, 9.17) is 28.0 Å². The van der Waals surface area contributed by atoms with Crippen LogP contribution in [0.2, 0.25) is 10.0 Å². The zero-order valence-corrected chi connectivity index (χ0v) is 18.0. The maximum atomic E-state index is 13.6. The van der Waals surface area contributed by atoms with Crippen molar-refractivity contribution in [2.75, 3.05) is 9.96 Å². The minimum atomic E-state index is -0.923. The van der Waals surface area contributed by atoms with Crippen molar-refractivity contribution in [2.24, 2.45) is 5.92 Å². The number of benzene rings is 3. The molecule has 0 spiro atoms. The summed E-state index contributed by atoms with van der Waals surface area (Å²) >= 11 is 12.3. The van der Waals surface area contributed by atoms with Gasteiger partial charge in [0.15, 0.2) is 6.10 Å². The van der Waals surface area contributed by atoms with E-state index in [0.717, 1.165) is 16.8 Å². The largest absolute Gasteiger partial charge is 0.273 e. The van der Waals surface area contributed by atoms with Crippen molar-refractivity contribution in [1.29, 1.82) is 0 Å². The number of hydrogen-bond donors (Lipinski definition) is 0. The molecule has 0 unspecified atom stereocenters. The summed E-state index contributed by atoms with van der Waals surface area (Å²) in [6.45, 7) is 1.87. The number of nitrogens with zero attached hydrogens (tertiary/aromatic N) is 2. The lowest BCUT2D eigenvalue weighted by Crippen LogP contribution is -2.37. The second-order valence-corrected chi connectivity index (χ2v) is 8.50. The molecule has 2 aliphatic rings. The fraction of sp³-hybridized carbons (Fsp3) is 0.167. The number of hydrogen-bond acceptors (Lipinski definition) is 4. The predicted octanol–water partition coefficient (Wildman–Crippen LogP) is 5.35. The number of carbonyl (C=O) groups is 2. The van der Waals surface area contributed by atoms with Gasteiger partial charge < -0.3 is 0 Å². The van der Waals surface area contributed by atoms with Gasteiger partial charge in [-0.3, -0.25) is 14.4 Å². The molecule has 5 nitrogen and oxygen atoms in total. The third-order valence-corrected chi connectivity index (χ3v) is 6.41. The van der Waals surface area contributed by atoms with Crippen molar-refractivity contribution in [3.63, 3.8) is 0 Å². The molecule has 156 valence electrons. The van der Waals surface area contributed by atoms with Crippen molar-refractivity contribution in [2.45, 2.75) is 19.1 Å². The molecule has 3 aromatic rings. The Morgan fingerprint density at radius 2 is 1.55 bits per heavy atom. The molecule has 2 saturated heterocycles. The van der Waals surface area contributed by atoms with E-state index in [-0.39, 0.29) is 5.91 Å². The molecule has 7 heteroatoms. The number of fused-ring (bicyclic) bond motifs is 1. The minimum absolute atomic E-state index is 0.312. The summed E-state index contributed by atoms with van der Waals surface area (Å²) < 4.78 is 0. The Kier molecular flexibility index (Phi) is 4.97. The van der Waals surface area contributed by atoms with Gasteiger partial charge in [0.25, 0.3) is 5.91 Å². The number of hydroxylamine groups is 1. The molecule has 0 saturated carbocycles. The number of anilines is 2. The standard InChI is InChI=1S/C24H18Cl2N2O3/c1-14-7-12-18(13-19(14)26)27-23(29)20-21(15-8-10-16(25)11-9-15)28(31-22(20)24(27)30)17-5-3-2-4-6-17/h2-13,20-22H,1H3/t20-,21+,22+/m0/s1. The molecule has 3 aromatic carbocycles. The lowest BCUT2D eigenvalue weighted by molar-refractivity contribution is -0.126. The van der Waals surface area contributed by atoms with Crippen molar-refractivity contribution >= 4 is 46.4 Å². The average molecular weight is 453 g/mol. The Balaban J connectivity index is 1.58. The van der Waals surface area contributed by atoms with Gasteiger partial charge in [-0.2, -0.15) is 0 Å². The Bertz CT molecular complexity index is 1170. The van der Waals surface area contributed by atoms with E-state index in [9.17, 15) is 9.59 Å². The number of para-hydroxylation sites is 1. The number of imide groups is 1. The van der Waals surface area contributed by atoms with Crippen LogP contribution in [0.15, 0.2) is 72.8 Å². The molecule has 2 fully saturated rings.